The normalized spacial score (nSPS) is 30.1. The number of hydrogen-bond acceptors (Lipinski definition) is 9. The quantitative estimate of drug-likeness (QED) is 0.324. The summed E-state index contributed by atoms with van der Waals surface area (Å²) in [5.41, 5.74) is -0.707. The van der Waals surface area contributed by atoms with Crippen LogP contribution in [0.5, 0.6) is 0 Å². The highest BCUT2D eigenvalue weighted by Gasteiger charge is 2.44. The molecule has 1 aromatic heterocycles. The highest BCUT2D eigenvalue weighted by atomic mass is 32.2. The minimum atomic E-state index is -1.64. The first-order valence-electron chi connectivity index (χ1n) is 7.08. The summed E-state index contributed by atoms with van der Waals surface area (Å²) in [6.07, 6.45) is -4.07. The van der Waals surface area contributed by atoms with Gasteiger partial charge in [-0.2, -0.15) is 11.8 Å². The van der Waals surface area contributed by atoms with Gasteiger partial charge in [-0.3, -0.25) is 9.59 Å². The number of aliphatic hydroxyl groups is 4. The Bertz CT molecular complexity index is 640. The van der Waals surface area contributed by atoms with E-state index in [4.69, 9.17) is 9.84 Å². The van der Waals surface area contributed by atoms with Crippen molar-refractivity contribution in [3.8, 4) is 0 Å². The molecule has 1 aliphatic heterocycles. The first-order valence-corrected chi connectivity index (χ1v) is 8.47. The molecule has 1 saturated heterocycles. The Kier molecular flexibility index (Phi) is 6.32. The number of amides is 1. The lowest BCUT2D eigenvalue weighted by Gasteiger charge is -2.40. The summed E-state index contributed by atoms with van der Waals surface area (Å²) in [6.45, 7) is -0.608. The number of carbonyl (C=O) groups excluding carboxylic acids is 1. The molecule has 6 N–H and O–H groups in total. The number of nitrogens with zero attached hydrogens (tertiary/aromatic N) is 1. The van der Waals surface area contributed by atoms with E-state index in [1.807, 2.05) is 0 Å². The zero-order chi connectivity index (χ0) is 17.9. The van der Waals surface area contributed by atoms with Gasteiger partial charge in [0.05, 0.1) is 12.4 Å². The molecule has 1 aliphatic rings. The molecule has 1 fully saturated rings. The summed E-state index contributed by atoms with van der Waals surface area (Å²) in [5.74, 6) is -0.114. The number of aromatic amines is 1. The molecule has 24 heavy (non-hydrogen) atoms. The van der Waals surface area contributed by atoms with Gasteiger partial charge in [0.2, 0.25) is 0 Å². The molecule has 0 saturated carbocycles. The van der Waals surface area contributed by atoms with Crippen LogP contribution >= 0.6 is 11.8 Å². The van der Waals surface area contributed by atoms with Crippen LogP contribution in [0.15, 0.2) is 10.9 Å². The fraction of sp³-hybridized carbons (Fsp3) is 0.615. The highest BCUT2D eigenvalue weighted by Crippen LogP contribution is 2.20. The van der Waals surface area contributed by atoms with E-state index >= 15 is 0 Å². The van der Waals surface area contributed by atoms with Crippen molar-refractivity contribution in [2.24, 2.45) is 0 Å². The van der Waals surface area contributed by atoms with E-state index in [-0.39, 0.29) is 5.69 Å². The Morgan fingerprint density at radius 3 is 2.75 bits per heavy atom. The molecule has 5 atom stereocenters. The number of H-pyrrole nitrogens is 1. The molecule has 0 radical (unpaired) electrons. The lowest BCUT2D eigenvalue weighted by molar-refractivity contribution is -0.252. The molecule has 2 heterocycles. The van der Waals surface area contributed by atoms with Gasteiger partial charge in [0.1, 0.15) is 35.9 Å². The third-order valence-electron chi connectivity index (χ3n) is 3.50. The number of nitrogens with one attached hydrogen (secondary N) is 2. The van der Waals surface area contributed by atoms with Crippen molar-refractivity contribution in [2.75, 3.05) is 12.9 Å². The minimum absolute atomic E-state index is 0.194. The molecule has 0 spiro atoms. The Hall–Kier alpha value is -1.50. The number of aromatic nitrogens is 2. The van der Waals surface area contributed by atoms with Crippen LogP contribution in [0.25, 0.3) is 0 Å². The third-order valence-corrected chi connectivity index (χ3v) is 4.06. The molecule has 0 aromatic carbocycles. The molecular weight excluding hydrogens is 342 g/mol. The van der Waals surface area contributed by atoms with Gasteiger partial charge in [0, 0.05) is 6.07 Å². The van der Waals surface area contributed by atoms with E-state index in [0.29, 0.717) is 11.6 Å². The van der Waals surface area contributed by atoms with E-state index in [9.17, 15) is 24.9 Å². The second-order valence-corrected chi connectivity index (χ2v) is 6.10. The SMILES string of the molecule is CSCc1nc(C(=O)NC2C(O)O[C@H](CO)C(O)[C@@H]2O)cc(=O)[nH]1. The molecule has 2 rings (SSSR count). The van der Waals surface area contributed by atoms with Crippen molar-refractivity contribution >= 4 is 17.7 Å². The van der Waals surface area contributed by atoms with Crippen molar-refractivity contribution < 1.29 is 30.0 Å². The first-order chi connectivity index (χ1) is 11.4. The molecular formula is C13H19N3O7S. The van der Waals surface area contributed by atoms with E-state index < -0.39 is 48.7 Å². The lowest BCUT2D eigenvalue weighted by atomic mass is 9.97. The Labute approximate surface area is 140 Å². The Morgan fingerprint density at radius 2 is 2.12 bits per heavy atom. The smallest absolute Gasteiger partial charge is 0.270 e. The molecule has 134 valence electrons. The third kappa shape index (κ3) is 4.12. The van der Waals surface area contributed by atoms with E-state index in [1.54, 1.807) is 6.26 Å². The van der Waals surface area contributed by atoms with Gasteiger partial charge in [-0.05, 0) is 6.26 Å². The van der Waals surface area contributed by atoms with Crippen molar-refractivity contribution in [3.63, 3.8) is 0 Å². The maximum absolute atomic E-state index is 12.2. The van der Waals surface area contributed by atoms with Crippen LogP contribution in [0.4, 0.5) is 0 Å². The zero-order valence-corrected chi connectivity index (χ0v) is 13.6. The number of hydrogen-bond donors (Lipinski definition) is 6. The summed E-state index contributed by atoms with van der Waals surface area (Å²) >= 11 is 1.40. The molecule has 3 unspecified atom stereocenters. The summed E-state index contributed by atoms with van der Waals surface area (Å²) in [4.78, 5) is 30.3. The van der Waals surface area contributed by atoms with Crippen LogP contribution in [0.3, 0.4) is 0 Å². The summed E-state index contributed by atoms with van der Waals surface area (Å²) in [6, 6.07) is -0.366. The standard InChI is InChI=1S/C13H19N3O7S/c1-24-4-7-14-5(2-8(18)15-7)12(21)16-9-11(20)10(19)6(3-17)23-13(9)22/h2,6,9-11,13,17,19-20,22H,3-4H2,1H3,(H,16,21)(H,14,15,18)/t6-,9?,10?,11-,13?/m1/s1. The van der Waals surface area contributed by atoms with Gasteiger partial charge in [-0.15, -0.1) is 0 Å². The maximum Gasteiger partial charge on any atom is 0.270 e. The average molecular weight is 361 g/mol. The summed E-state index contributed by atoms with van der Waals surface area (Å²) in [5, 5.41) is 40.9. The predicted octanol–water partition coefficient (Wildman–Crippen LogP) is -2.84. The van der Waals surface area contributed by atoms with Gasteiger partial charge in [0.15, 0.2) is 6.29 Å². The van der Waals surface area contributed by atoms with E-state index in [1.165, 1.54) is 11.8 Å². The van der Waals surface area contributed by atoms with Gasteiger partial charge in [-0.25, -0.2) is 4.98 Å². The fourth-order valence-electron chi connectivity index (χ4n) is 2.31. The summed E-state index contributed by atoms with van der Waals surface area (Å²) in [7, 11) is 0. The van der Waals surface area contributed by atoms with Crippen LogP contribution < -0.4 is 10.9 Å². The van der Waals surface area contributed by atoms with Gasteiger partial charge >= 0.3 is 0 Å². The first kappa shape index (κ1) is 18.8. The van der Waals surface area contributed by atoms with Crippen molar-refractivity contribution in [3.05, 3.63) is 27.9 Å². The average Bonchev–Trinajstić information content (AvgIpc) is 2.54. The maximum atomic E-state index is 12.2. The van der Waals surface area contributed by atoms with Crippen molar-refractivity contribution in [2.45, 2.75) is 36.4 Å². The lowest BCUT2D eigenvalue weighted by Crippen LogP contribution is -2.64. The largest absolute Gasteiger partial charge is 0.394 e. The Balaban J connectivity index is 2.15. The van der Waals surface area contributed by atoms with E-state index in [2.05, 4.69) is 15.3 Å². The monoisotopic (exact) mass is 361 g/mol. The highest BCUT2D eigenvalue weighted by molar-refractivity contribution is 7.97. The number of carbonyl (C=O) groups is 1. The zero-order valence-electron chi connectivity index (χ0n) is 12.7. The Morgan fingerprint density at radius 1 is 1.42 bits per heavy atom. The molecule has 10 nitrogen and oxygen atoms in total. The van der Waals surface area contributed by atoms with Crippen LogP contribution in [0.2, 0.25) is 0 Å². The number of thioether (sulfide) groups is 1. The summed E-state index contributed by atoms with van der Waals surface area (Å²) < 4.78 is 4.94. The molecule has 1 aromatic rings. The number of rotatable bonds is 5. The second kappa shape index (κ2) is 8.05. The van der Waals surface area contributed by atoms with Crippen molar-refractivity contribution in [1.29, 1.82) is 0 Å². The van der Waals surface area contributed by atoms with Crippen LogP contribution in [-0.4, -0.2) is 79.8 Å². The van der Waals surface area contributed by atoms with Gasteiger partial charge < -0.3 is 35.5 Å². The second-order valence-electron chi connectivity index (χ2n) is 5.24. The molecule has 0 bridgehead atoms. The van der Waals surface area contributed by atoms with Crippen LogP contribution in [0.1, 0.15) is 16.3 Å². The van der Waals surface area contributed by atoms with E-state index in [0.717, 1.165) is 6.07 Å². The van der Waals surface area contributed by atoms with Gasteiger partial charge in [-0.1, -0.05) is 0 Å². The molecule has 1 amide bonds. The number of aliphatic hydroxyl groups excluding tert-OH is 4. The van der Waals surface area contributed by atoms with Gasteiger partial charge in [0.25, 0.3) is 11.5 Å². The topological polar surface area (TPSA) is 165 Å². The predicted molar refractivity (Wildman–Crippen MR) is 83.3 cm³/mol. The number of ether oxygens (including phenoxy) is 1. The van der Waals surface area contributed by atoms with Crippen LogP contribution in [-0.2, 0) is 10.5 Å². The molecule has 11 heteroatoms. The van der Waals surface area contributed by atoms with Crippen LogP contribution in [0, 0.1) is 0 Å². The molecule has 0 aliphatic carbocycles. The minimum Gasteiger partial charge on any atom is -0.394 e. The van der Waals surface area contributed by atoms with Crippen molar-refractivity contribution in [1.82, 2.24) is 15.3 Å². The fourth-order valence-corrected chi connectivity index (χ4v) is 2.72.